The number of aromatic hydroxyl groups is 1. The lowest BCUT2D eigenvalue weighted by Crippen LogP contribution is -1.85. The average Bonchev–Trinajstić information content (AvgIpc) is 2.32. The van der Waals surface area contributed by atoms with Gasteiger partial charge in [0.1, 0.15) is 23.1 Å². The van der Waals surface area contributed by atoms with E-state index in [0.717, 1.165) is 0 Å². The van der Waals surface area contributed by atoms with Crippen molar-refractivity contribution >= 4 is 0 Å². The van der Waals surface area contributed by atoms with Gasteiger partial charge in [0, 0.05) is 6.07 Å². The fraction of sp³-hybridized carbons (Fsp3) is 0. The van der Waals surface area contributed by atoms with E-state index >= 15 is 0 Å². The second-order valence-electron chi connectivity index (χ2n) is 3.38. The third-order valence-corrected chi connectivity index (χ3v) is 2.17. The van der Waals surface area contributed by atoms with E-state index in [1.807, 2.05) is 0 Å². The van der Waals surface area contributed by atoms with Crippen molar-refractivity contribution in [1.82, 2.24) is 0 Å². The summed E-state index contributed by atoms with van der Waals surface area (Å²) >= 11 is 0. The SMILES string of the molecule is C#Cc1ccc(Oc2ccc(F)cc2)cc1O. The number of halogens is 1. The first kappa shape index (κ1) is 11.0. The summed E-state index contributed by atoms with van der Waals surface area (Å²) in [7, 11) is 0. The molecule has 0 aliphatic heterocycles. The highest BCUT2D eigenvalue weighted by molar-refractivity contribution is 5.48. The van der Waals surface area contributed by atoms with Crippen LogP contribution in [0.15, 0.2) is 42.5 Å². The largest absolute Gasteiger partial charge is 0.507 e. The first-order valence-electron chi connectivity index (χ1n) is 4.92. The Morgan fingerprint density at radius 3 is 2.29 bits per heavy atom. The summed E-state index contributed by atoms with van der Waals surface area (Å²) in [5, 5.41) is 9.53. The molecule has 0 amide bonds. The molecule has 0 unspecified atom stereocenters. The van der Waals surface area contributed by atoms with Crippen molar-refractivity contribution in [3.63, 3.8) is 0 Å². The van der Waals surface area contributed by atoms with Crippen LogP contribution in [0.25, 0.3) is 0 Å². The summed E-state index contributed by atoms with van der Waals surface area (Å²) in [5.41, 5.74) is 0.399. The van der Waals surface area contributed by atoms with Crippen molar-refractivity contribution in [2.24, 2.45) is 0 Å². The number of rotatable bonds is 2. The first-order valence-corrected chi connectivity index (χ1v) is 4.92. The Morgan fingerprint density at radius 1 is 1.06 bits per heavy atom. The number of terminal acetylenes is 1. The van der Waals surface area contributed by atoms with Gasteiger partial charge in [-0.05, 0) is 36.4 Å². The van der Waals surface area contributed by atoms with E-state index in [-0.39, 0.29) is 11.6 Å². The van der Waals surface area contributed by atoms with Crippen LogP contribution in [0.4, 0.5) is 4.39 Å². The number of hydrogen-bond donors (Lipinski definition) is 1. The van der Waals surface area contributed by atoms with Crippen LogP contribution in [-0.2, 0) is 0 Å². The van der Waals surface area contributed by atoms with E-state index in [9.17, 15) is 9.50 Å². The second kappa shape index (κ2) is 4.58. The minimum atomic E-state index is -0.331. The molecule has 2 aromatic carbocycles. The number of phenols is 1. The summed E-state index contributed by atoms with van der Waals surface area (Å²) in [6, 6.07) is 10.2. The monoisotopic (exact) mass is 228 g/mol. The summed E-state index contributed by atoms with van der Waals surface area (Å²) in [6.07, 6.45) is 5.18. The Bertz CT molecular complexity index is 568. The van der Waals surface area contributed by atoms with Crippen molar-refractivity contribution in [2.75, 3.05) is 0 Å². The van der Waals surface area contributed by atoms with Crippen LogP contribution in [0.3, 0.4) is 0 Å². The summed E-state index contributed by atoms with van der Waals surface area (Å²) < 4.78 is 18.1. The Labute approximate surface area is 98.3 Å². The molecule has 1 N–H and O–H groups in total. The van der Waals surface area contributed by atoms with Crippen molar-refractivity contribution in [1.29, 1.82) is 0 Å². The molecule has 0 fully saturated rings. The van der Waals surface area contributed by atoms with E-state index in [4.69, 9.17) is 11.2 Å². The summed E-state index contributed by atoms with van der Waals surface area (Å²) in [6.45, 7) is 0. The van der Waals surface area contributed by atoms with Gasteiger partial charge in [-0.1, -0.05) is 5.92 Å². The number of benzene rings is 2. The van der Waals surface area contributed by atoms with Crippen molar-refractivity contribution < 1.29 is 14.2 Å². The minimum absolute atomic E-state index is 0.0212. The first-order chi connectivity index (χ1) is 8.19. The maximum absolute atomic E-state index is 12.7. The van der Waals surface area contributed by atoms with Gasteiger partial charge < -0.3 is 9.84 Å². The molecule has 0 saturated heterocycles. The van der Waals surface area contributed by atoms with Crippen LogP contribution in [0.2, 0.25) is 0 Å². The fourth-order valence-electron chi connectivity index (χ4n) is 1.34. The van der Waals surface area contributed by atoms with Gasteiger partial charge in [-0.15, -0.1) is 6.42 Å². The standard InChI is InChI=1S/C14H9FO2/c1-2-10-3-6-13(9-14(10)16)17-12-7-4-11(15)5-8-12/h1,3-9,16H. The third kappa shape index (κ3) is 2.56. The Kier molecular flexibility index (Phi) is 2.97. The van der Waals surface area contributed by atoms with Crippen molar-refractivity contribution in [3.05, 3.63) is 53.8 Å². The second-order valence-corrected chi connectivity index (χ2v) is 3.38. The van der Waals surface area contributed by atoms with Gasteiger partial charge in [-0.2, -0.15) is 0 Å². The Hall–Kier alpha value is -2.47. The molecule has 2 aromatic rings. The Morgan fingerprint density at radius 2 is 1.71 bits per heavy atom. The molecule has 2 nitrogen and oxygen atoms in total. The van der Waals surface area contributed by atoms with Crippen molar-refractivity contribution in [2.45, 2.75) is 0 Å². The van der Waals surface area contributed by atoms with Gasteiger partial charge in [-0.25, -0.2) is 4.39 Å². The Balaban J connectivity index is 2.22. The van der Waals surface area contributed by atoms with Gasteiger partial charge >= 0.3 is 0 Å². The molecule has 17 heavy (non-hydrogen) atoms. The molecular formula is C14H9FO2. The van der Waals surface area contributed by atoms with Crippen LogP contribution in [-0.4, -0.2) is 5.11 Å². The topological polar surface area (TPSA) is 29.5 Å². The van der Waals surface area contributed by atoms with E-state index in [1.54, 1.807) is 12.1 Å². The number of hydrogen-bond acceptors (Lipinski definition) is 2. The number of phenolic OH excluding ortho intramolecular Hbond substituents is 1. The van der Waals surface area contributed by atoms with Crippen molar-refractivity contribution in [3.8, 4) is 29.6 Å². The molecule has 0 aromatic heterocycles. The predicted molar refractivity (Wildman–Crippen MR) is 62.5 cm³/mol. The lowest BCUT2D eigenvalue weighted by atomic mass is 10.2. The molecule has 0 saturated carbocycles. The van der Waals surface area contributed by atoms with Gasteiger partial charge in [-0.3, -0.25) is 0 Å². The maximum atomic E-state index is 12.7. The summed E-state index contributed by atoms with van der Waals surface area (Å²) in [5.74, 6) is 2.91. The quantitative estimate of drug-likeness (QED) is 0.799. The highest BCUT2D eigenvalue weighted by Gasteiger charge is 2.02. The van der Waals surface area contributed by atoms with Crippen LogP contribution < -0.4 is 4.74 Å². The van der Waals surface area contributed by atoms with Gasteiger partial charge in [0.15, 0.2) is 0 Å². The van der Waals surface area contributed by atoms with Crippen LogP contribution >= 0.6 is 0 Å². The van der Waals surface area contributed by atoms with Crippen LogP contribution in [0.5, 0.6) is 17.2 Å². The normalized spacial score (nSPS) is 9.65. The zero-order valence-electron chi connectivity index (χ0n) is 8.85. The van der Waals surface area contributed by atoms with E-state index < -0.39 is 0 Å². The lowest BCUT2D eigenvalue weighted by Gasteiger charge is -2.06. The molecule has 0 atom stereocenters. The summed E-state index contributed by atoms with van der Waals surface area (Å²) in [4.78, 5) is 0. The van der Waals surface area contributed by atoms with E-state index in [2.05, 4.69) is 5.92 Å². The molecule has 0 bridgehead atoms. The molecule has 3 heteroatoms. The molecule has 0 radical (unpaired) electrons. The predicted octanol–water partition coefficient (Wildman–Crippen LogP) is 3.30. The lowest BCUT2D eigenvalue weighted by molar-refractivity contribution is 0.453. The highest BCUT2D eigenvalue weighted by Crippen LogP contribution is 2.27. The van der Waals surface area contributed by atoms with Crippen LogP contribution in [0.1, 0.15) is 5.56 Å². The third-order valence-electron chi connectivity index (χ3n) is 2.17. The molecular weight excluding hydrogens is 219 g/mol. The van der Waals surface area contributed by atoms with Gasteiger partial charge in [0.25, 0.3) is 0 Å². The molecule has 0 spiro atoms. The maximum Gasteiger partial charge on any atom is 0.134 e. The van der Waals surface area contributed by atoms with E-state index in [1.165, 1.54) is 30.3 Å². The molecule has 0 aliphatic rings. The number of ether oxygens (including phenoxy) is 1. The zero-order valence-corrected chi connectivity index (χ0v) is 8.85. The van der Waals surface area contributed by atoms with E-state index in [0.29, 0.717) is 17.1 Å². The zero-order chi connectivity index (χ0) is 12.3. The van der Waals surface area contributed by atoms with Gasteiger partial charge in [0.05, 0.1) is 5.56 Å². The molecule has 0 heterocycles. The smallest absolute Gasteiger partial charge is 0.134 e. The highest BCUT2D eigenvalue weighted by atomic mass is 19.1. The molecule has 84 valence electrons. The van der Waals surface area contributed by atoms with Crippen LogP contribution in [0, 0.1) is 18.2 Å². The average molecular weight is 228 g/mol. The fourth-order valence-corrected chi connectivity index (χ4v) is 1.34. The molecule has 0 aliphatic carbocycles. The minimum Gasteiger partial charge on any atom is -0.507 e. The van der Waals surface area contributed by atoms with Gasteiger partial charge in [0.2, 0.25) is 0 Å². The molecule has 2 rings (SSSR count).